The summed E-state index contributed by atoms with van der Waals surface area (Å²) in [7, 11) is 0. The van der Waals surface area contributed by atoms with Gasteiger partial charge in [0, 0.05) is 15.6 Å². The maximum absolute atomic E-state index is 11.9. The summed E-state index contributed by atoms with van der Waals surface area (Å²) >= 11 is 3.44. The normalized spacial score (nSPS) is 10.5. The van der Waals surface area contributed by atoms with Crippen molar-refractivity contribution in [2.75, 3.05) is 6.61 Å². The van der Waals surface area contributed by atoms with E-state index in [2.05, 4.69) is 20.9 Å². The molecule has 0 amide bonds. The van der Waals surface area contributed by atoms with Gasteiger partial charge in [-0.1, -0.05) is 12.1 Å². The summed E-state index contributed by atoms with van der Waals surface area (Å²) in [5, 5.41) is 0.809. The molecule has 4 heteroatoms. The molecular weight excluding hydrogens is 282 g/mol. The van der Waals surface area contributed by atoms with Crippen LogP contribution in [-0.4, -0.2) is 17.6 Å². The second kappa shape index (κ2) is 4.84. The van der Waals surface area contributed by atoms with E-state index in [0.717, 1.165) is 21.1 Å². The third kappa shape index (κ3) is 2.31. The topological polar surface area (TPSA) is 39.2 Å². The Kier molecular flexibility index (Phi) is 3.43. The van der Waals surface area contributed by atoms with Gasteiger partial charge in [0.2, 0.25) is 0 Å². The molecular formula is C13H12BrNO2. The largest absolute Gasteiger partial charge is 0.462 e. The van der Waals surface area contributed by atoms with Crippen LogP contribution in [0.3, 0.4) is 0 Å². The van der Waals surface area contributed by atoms with Crippen molar-refractivity contribution in [3.05, 3.63) is 40.0 Å². The van der Waals surface area contributed by atoms with E-state index in [0.29, 0.717) is 12.2 Å². The van der Waals surface area contributed by atoms with Gasteiger partial charge < -0.3 is 4.74 Å². The van der Waals surface area contributed by atoms with Crippen LogP contribution in [0.15, 0.2) is 28.7 Å². The molecule has 0 fully saturated rings. The van der Waals surface area contributed by atoms with Crippen LogP contribution in [0.5, 0.6) is 0 Å². The Morgan fingerprint density at radius 3 is 2.94 bits per heavy atom. The number of benzene rings is 1. The average molecular weight is 294 g/mol. The van der Waals surface area contributed by atoms with Gasteiger partial charge in [0.15, 0.2) is 0 Å². The number of esters is 1. The first kappa shape index (κ1) is 12.0. The van der Waals surface area contributed by atoms with Gasteiger partial charge in [-0.15, -0.1) is 0 Å². The molecule has 0 unspecified atom stereocenters. The molecule has 0 N–H and O–H groups in total. The lowest BCUT2D eigenvalue weighted by Crippen LogP contribution is -2.06. The standard InChI is InChI=1S/C13H12BrNO2/c1-3-17-13(16)10-7-8(2)15-12-9(10)5-4-6-11(12)14/h4-7H,3H2,1-2H3. The summed E-state index contributed by atoms with van der Waals surface area (Å²) in [5.74, 6) is -0.305. The Balaban J connectivity index is 2.70. The summed E-state index contributed by atoms with van der Waals surface area (Å²) in [4.78, 5) is 16.3. The van der Waals surface area contributed by atoms with Gasteiger partial charge in [-0.2, -0.15) is 0 Å². The number of rotatable bonds is 2. The number of pyridine rings is 1. The van der Waals surface area contributed by atoms with Gasteiger partial charge in [0.1, 0.15) is 0 Å². The molecule has 1 heterocycles. The molecule has 0 aliphatic rings. The molecule has 0 aliphatic heterocycles. The van der Waals surface area contributed by atoms with E-state index in [1.807, 2.05) is 25.1 Å². The predicted octanol–water partition coefficient (Wildman–Crippen LogP) is 3.48. The highest BCUT2D eigenvalue weighted by atomic mass is 79.9. The summed E-state index contributed by atoms with van der Waals surface area (Å²) < 4.78 is 5.93. The van der Waals surface area contributed by atoms with E-state index in [1.165, 1.54) is 0 Å². The number of ether oxygens (including phenoxy) is 1. The monoisotopic (exact) mass is 293 g/mol. The Morgan fingerprint density at radius 2 is 2.24 bits per heavy atom. The molecule has 0 aliphatic carbocycles. The summed E-state index contributed by atoms with van der Waals surface area (Å²) in [6, 6.07) is 7.42. The Morgan fingerprint density at radius 1 is 1.47 bits per heavy atom. The maximum atomic E-state index is 11.9. The predicted molar refractivity (Wildman–Crippen MR) is 70.1 cm³/mol. The molecule has 0 saturated heterocycles. The van der Waals surface area contributed by atoms with Crippen LogP contribution >= 0.6 is 15.9 Å². The van der Waals surface area contributed by atoms with E-state index in [1.54, 1.807) is 13.0 Å². The van der Waals surface area contributed by atoms with Gasteiger partial charge in [-0.3, -0.25) is 4.98 Å². The zero-order valence-electron chi connectivity index (χ0n) is 9.66. The number of aromatic nitrogens is 1. The third-order valence-corrected chi connectivity index (χ3v) is 3.05. The van der Waals surface area contributed by atoms with E-state index in [4.69, 9.17) is 4.74 Å². The highest BCUT2D eigenvalue weighted by Gasteiger charge is 2.13. The van der Waals surface area contributed by atoms with Gasteiger partial charge in [0.25, 0.3) is 0 Å². The van der Waals surface area contributed by atoms with Crippen molar-refractivity contribution in [3.8, 4) is 0 Å². The van der Waals surface area contributed by atoms with E-state index in [9.17, 15) is 4.79 Å². The fourth-order valence-corrected chi connectivity index (χ4v) is 2.17. The number of aryl methyl sites for hydroxylation is 1. The average Bonchev–Trinajstić information content (AvgIpc) is 2.30. The van der Waals surface area contributed by atoms with Gasteiger partial charge in [-0.25, -0.2) is 4.79 Å². The van der Waals surface area contributed by atoms with Crippen LogP contribution in [0.25, 0.3) is 10.9 Å². The van der Waals surface area contributed by atoms with Crippen LogP contribution in [0.4, 0.5) is 0 Å². The summed E-state index contributed by atoms with van der Waals surface area (Å²) in [6.45, 7) is 4.03. The Labute approximate surface area is 108 Å². The molecule has 0 saturated carbocycles. The molecule has 0 atom stereocenters. The quantitative estimate of drug-likeness (QED) is 0.796. The van der Waals surface area contributed by atoms with Crippen LogP contribution in [0, 0.1) is 6.92 Å². The number of hydrogen-bond acceptors (Lipinski definition) is 3. The van der Waals surface area contributed by atoms with Crippen molar-refractivity contribution in [1.29, 1.82) is 0 Å². The molecule has 1 aromatic carbocycles. The second-order valence-corrected chi connectivity index (χ2v) is 4.52. The first-order valence-corrected chi connectivity index (χ1v) is 6.15. The first-order chi connectivity index (χ1) is 8.13. The zero-order chi connectivity index (χ0) is 12.4. The number of carbonyl (C=O) groups excluding carboxylic acids is 1. The fraction of sp³-hybridized carbons (Fsp3) is 0.231. The lowest BCUT2D eigenvalue weighted by atomic mass is 10.1. The van der Waals surface area contributed by atoms with E-state index >= 15 is 0 Å². The number of halogens is 1. The minimum atomic E-state index is -0.305. The molecule has 17 heavy (non-hydrogen) atoms. The Hall–Kier alpha value is -1.42. The molecule has 2 aromatic rings. The van der Waals surface area contributed by atoms with Crippen LogP contribution in [0.2, 0.25) is 0 Å². The van der Waals surface area contributed by atoms with Crippen LogP contribution in [-0.2, 0) is 4.74 Å². The zero-order valence-corrected chi connectivity index (χ0v) is 11.2. The van der Waals surface area contributed by atoms with Crippen molar-refractivity contribution in [2.45, 2.75) is 13.8 Å². The SMILES string of the molecule is CCOC(=O)c1cc(C)nc2c(Br)cccc12. The number of hydrogen-bond donors (Lipinski definition) is 0. The van der Waals surface area contributed by atoms with E-state index in [-0.39, 0.29) is 5.97 Å². The lowest BCUT2D eigenvalue weighted by Gasteiger charge is -2.08. The maximum Gasteiger partial charge on any atom is 0.338 e. The van der Waals surface area contributed by atoms with Crippen molar-refractivity contribution < 1.29 is 9.53 Å². The number of fused-ring (bicyclic) bond motifs is 1. The molecule has 0 bridgehead atoms. The van der Waals surface area contributed by atoms with Gasteiger partial charge >= 0.3 is 5.97 Å². The van der Waals surface area contributed by atoms with E-state index < -0.39 is 0 Å². The minimum absolute atomic E-state index is 0.305. The van der Waals surface area contributed by atoms with Crippen molar-refractivity contribution in [2.24, 2.45) is 0 Å². The second-order valence-electron chi connectivity index (χ2n) is 3.67. The van der Waals surface area contributed by atoms with Gasteiger partial charge in [0.05, 0.1) is 17.7 Å². The van der Waals surface area contributed by atoms with Crippen LogP contribution in [0.1, 0.15) is 23.0 Å². The molecule has 88 valence electrons. The molecule has 0 spiro atoms. The number of para-hydroxylation sites is 1. The summed E-state index contributed by atoms with van der Waals surface area (Å²) in [5.41, 5.74) is 2.15. The highest BCUT2D eigenvalue weighted by molar-refractivity contribution is 9.10. The molecule has 1 aromatic heterocycles. The number of carbonyl (C=O) groups is 1. The first-order valence-electron chi connectivity index (χ1n) is 5.36. The molecule has 0 radical (unpaired) electrons. The molecule has 2 rings (SSSR count). The highest BCUT2D eigenvalue weighted by Crippen LogP contribution is 2.25. The van der Waals surface area contributed by atoms with Crippen molar-refractivity contribution >= 4 is 32.8 Å². The fourth-order valence-electron chi connectivity index (χ4n) is 1.72. The Bertz CT molecular complexity index is 581. The summed E-state index contributed by atoms with van der Waals surface area (Å²) in [6.07, 6.45) is 0. The van der Waals surface area contributed by atoms with Crippen molar-refractivity contribution in [1.82, 2.24) is 4.98 Å². The third-order valence-electron chi connectivity index (χ3n) is 2.41. The minimum Gasteiger partial charge on any atom is -0.462 e. The lowest BCUT2D eigenvalue weighted by molar-refractivity contribution is 0.0528. The number of nitrogens with zero attached hydrogens (tertiary/aromatic N) is 1. The van der Waals surface area contributed by atoms with Gasteiger partial charge in [-0.05, 0) is 41.9 Å². The molecule has 3 nitrogen and oxygen atoms in total. The smallest absolute Gasteiger partial charge is 0.338 e. The van der Waals surface area contributed by atoms with Crippen molar-refractivity contribution in [3.63, 3.8) is 0 Å². The van der Waals surface area contributed by atoms with Crippen LogP contribution < -0.4 is 0 Å².